The number of carbonyl (C=O) groups excluding carboxylic acids is 1. The van der Waals surface area contributed by atoms with Crippen molar-refractivity contribution in [1.29, 1.82) is 0 Å². The van der Waals surface area contributed by atoms with Crippen LogP contribution in [0.5, 0.6) is 0 Å². The summed E-state index contributed by atoms with van der Waals surface area (Å²) in [7, 11) is -3.21. The van der Waals surface area contributed by atoms with Gasteiger partial charge < -0.3 is 0 Å². The summed E-state index contributed by atoms with van der Waals surface area (Å²) in [6.07, 6.45) is 0. The molecule has 0 bridgehead atoms. The lowest BCUT2D eigenvalue weighted by atomic mass is 10.1. The van der Waals surface area contributed by atoms with Gasteiger partial charge in [-0.3, -0.25) is 9.80 Å². The molecule has 2 aliphatic heterocycles. The molecule has 26 heavy (non-hydrogen) atoms. The summed E-state index contributed by atoms with van der Waals surface area (Å²) in [4.78, 5) is 16.5. The minimum absolute atomic E-state index is 0.0200. The van der Waals surface area contributed by atoms with Crippen molar-refractivity contribution in [2.75, 3.05) is 21.3 Å². The van der Waals surface area contributed by atoms with Gasteiger partial charge >= 0.3 is 6.03 Å². The van der Waals surface area contributed by atoms with Crippen LogP contribution in [0.4, 0.5) is 16.2 Å². The average molecular weight is 391 g/mol. The van der Waals surface area contributed by atoms with Crippen molar-refractivity contribution in [2.45, 2.75) is 25.9 Å². The molecule has 2 aromatic rings. The Balaban J connectivity index is 1.84. The van der Waals surface area contributed by atoms with Gasteiger partial charge in [0, 0.05) is 16.4 Å². The topological polar surface area (TPSA) is 57.7 Å². The van der Waals surface area contributed by atoms with Crippen LogP contribution in [0.15, 0.2) is 42.5 Å². The van der Waals surface area contributed by atoms with Crippen LogP contribution in [-0.4, -0.2) is 38.0 Å². The first-order valence-electron chi connectivity index (χ1n) is 8.43. The molecule has 0 N–H and O–H groups in total. The third kappa shape index (κ3) is 2.68. The second kappa shape index (κ2) is 5.99. The Morgan fingerprint density at radius 1 is 0.962 bits per heavy atom. The fourth-order valence-corrected chi connectivity index (χ4v) is 5.95. The van der Waals surface area contributed by atoms with E-state index < -0.39 is 21.9 Å². The summed E-state index contributed by atoms with van der Waals surface area (Å²) in [6, 6.07) is 11.9. The lowest BCUT2D eigenvalue weighted by molar-refractivity contribution is 0.255. The molecule has 2 amide bonds. The zero-order valence-electron chi connectivity index (χ0n) is 14.5. The molecule has 2 aliphatic rings. The monoisotopic (exact) mass is 390 g/mol. The van der Waals surface area contributed by atoms with Gasteiger partial charge in [-0.15, -0.1) is 0 Å². The van der Waals surface area contributed by atoms with Crippen LogP contribution in [-0.2, 0) is 9.84 Å². The minimum atomic E-state index is -3.21. The first-order chi connectivity index (χ1) is 12.3. The highest BCUT2D eigenvalue weighted by Crippen LogP contribution is 2.39. The molecule has 7 heteroatoms. The third-order valence-corrected chi connectivity index (χ3v) is 7.28. The summed E-state index contributed by atoms with van der Waals surface area (Å²) in [5, 5.41) is 0.557. The molecule has 2 fully saturated rings. The molecule has 2 unspecified atom stereocenters. The normalized spacial score (nSPS) is 24.2. The van der Waals surface area contributed by atoms with E-state index in [0.29, 0.717) is 10.7 Å². The summed E-state index contributed by atoms with van der Waals surface area (Å²) < 4.78 is 24.6. The molecule has 2 atom stereocenters. The van der Waals surface area contributed by atoms with E-state index in [4.69, 9.17) is 11.6 Å². The largest absolute Gasteiger partial charge is 0.329 e. The van der Waals surface area contributed by atoms with Gasteiger partial charge in [-0.05, 0) is 43.2 Å². The van der Waals surface area contributed by atoms with Crippen LogP contribution in [0.3, 0.4) is 0 Å². The van der Waals surface area contributed by atoms with Crippen molar-refractivity contribution in [3.05, 3.63) is 58.6 Å². The molecule has 0 aliphatic carbocycles. The number of fused-ring (bicyclic) bond motifs is 1. The van der Waals surface area contributed by atoms with E-state index in [1.807, 2.05) is 50.2 Å². The number of rotatable bonds is 2. The summed E-state index contributed by atoms with van der Waals surface area (Å²) in [6.45, 7) is 3.81. The smallest absolute Gasteiger partial charge is 0.288 e. The van der Waals surface area contributed by atoms with Crippen LogP contribution < -0.4 is 9.80 Å². The van der Waals surface area contributed by atoms with Crippen molar-refractivity contribution in [2.24, 2.45) is 0 Å². The Labute approximate surface area is 158 Å². The molecule has 2 saturated heterocycles. The number of carbonyl (C=O) groups is 1. The van der Waals surface area contributed by atoms with E-state index in [0.717, 1.165) is 16.8 Å². The van der Waals surface area contributed by atoms with Crippen molar-refractivity contribution < 1.29 is 13.2 Å². The molecule has 136 valence electrons. The van der Waals surface area contributed by atoms with Crippen molar-refractivity contribution in [3.63, 3.8) is 0 Å². The second-order valence-electron chi connectivity index (χ2n) is 6.95. The van der Waals surface area contributed by atoms with Gasteiger partial charge in [0.15, 0.2) is 9.84 Å². The molecule has 2 heterocycles. The maximum absolute atomic E-state index is 13.3. The number of benzene rings is 2. The Morgan fingerprint density at radius 2 is 1.62 bits per heavy atom. The van der Waals surface area contributed by atoms with E-state index >= 15 is 0 Å². The molecular formula is C19H19ClN2O3S. The molecule has 0 aromatic heterocycles. The minimum Gasteiger partial charge on any atom is -0.288 e. The van der Waals surface area contributed by atoms with Gasteiger partial charge in [-0.2, -0.15) is 0 Å². The zero-order chi connectivity index (χ0) is 18.6. The first-order valence-corrected chi connectivity index (χ1v) is 10.6. The van der Waals surface area contributed by atoms with Crippen LogP contribution in [0.25, 0.3) is 0 Å². The number of anilines is 2. The number of nitrogens with zero attached hydrogens (tertiary/aromatic N) is 2. The maximum atomic E-state index is 13.3. The summed E-state index contributed by atoms with van der Waals surface area (Å²) >= 11 is 6.25. The maximum Gasteiger partial charge on any atom is 0.329 e. The summed E-state index contributed by atoms with van der Waals surface area (Å²) in [5.74, 6) is -0.0505. The zero-order valence-corrected chi connectivity index (χ0v) is 16.1. The number of amides is 2. The van der Waals surface area contributed by atoms with E-state index in [-0.39, 0.29) is 17.5 Å². The molecule has 2 aromatic carbocycles. The molecule has 0 spiro atoms. The number of hydrogen-bond donors (Lipinski definition) is 0. The number of hydrogen-bond acceptors (Lipinski definition) is 3. The molecule has 0 saturated carbocycles. The van der Waals surface area contributed by atoms with E-state index in [1.165, 1.54) is 0 Å². The number of sulfone groups is 1. The van der Waals surface area contributed by atoms with E-state index in [1.54, 1.807) is 15.9 Å². The Bertz CT molecular complexity index is 1010. The lowest BCUT2D eigenvalue weighted by Gasteiger charge is -2.24. The highest BCUT2D eigenvalue weighted by molar-refractivity contribution is 7.91. The number of halogens is 1. The van der Waals surface area contributed by atoms with Crippen LogP contribution in [0, 0.1) is 13.8 Å². The highest BCUT2D eigenvalue weighted by atomic mass is 35.5. The highest BCUT2D eigenvalue weighted by Gasteiger charge is 2.54. The fourth-order valence-electron chi connectivity index (χ4n) is 3.85. The molecular weight excluding hydrogens is 372 g/mol. The standard InChI is InChI=1S/C19H19ClN2O3S/c1-12-7-8-14(9-15(12)20)21-17-10-26(24,25)11-18(17)22(19(21)23)16-6-4-3-5-13(16)2/h3-9,17-18H,10-11H2,1-2H3. The van der Waals surface area contributed by atoms with Crippen molar-refractivity contribution in [1.82, 2.24) is 0 Å². The SMILES string of the molecule is Cc1ccc(N2C(=O)N(c3ccccc3C)C3CS(=O)(=O)CC32)cc1Cl. The quantitative estimate of drug-likeness (QED) is 0.736. The third-order valence-electron chi connectivity index (χ3n) is 5.18. The number of para-hydroxylation sites is 1. The Kier molecular flexibility index (Phi) is 4.00. The Morgan fingerprint density at radius 3 is 2.27 bits per heavy atom. The Hall–Kier alpha value is -2.05. The van der Waals surface area contributed by atoms with Gasteiger partial charge in [0.05, 0.1) is 23.6 Å². The van der Waals surface area contributed by atoms with Gasteiger partial charge in [0.1, 0.15) is 0 Å². The van der Waals surface area contributed by atoms with Crippen LogP contribution >= 0.6 is 11.6 Å². The van der Waals surface area contributed by atoms with Gasteiger partial charge in [0.2, 0.25) is 0 Å². The lowest BCUT2D eigenvalue weighted by Crippen LogP contribution is -2.38. The van der Waals surface area contributed by atoms with Crippen LogP contribution in [0.2, 0.25) is 5.02 Å². The van der Waals surface area contributed by atoms with Gasteiger partial charge in [0.25, 0.3) is 0 Å². The van der Waals surface area contributed by atoms with Gasteiger partial charge in [-0.1, -0.05) is 35.9 Å². The fraction of sp³-hybridized carbons (Fsp3) is 0.316. The van der Waals surface area contributed by atoms with E-state index in [9.17, 15) is 13.2 Å². The average Bonchev–Trinajstić information content (AvgIpc) is 3.00. The summed E-state index contributed by atoms with van der Waals surface area (Å²) in [5.41, 5.74) is 3.24. The second-order valence-corrected chi connectivity index (χ2v) is 9.52. The molecule has 4 rings (SSSR count). The number of aryl methyl sites for hydroxylation is 2. The molecule has 5 nitrogen and oxygen atoms in total. The molecule has 0 radical (unpaired) electrons. The van der Waals surface area contributed by atoms with Crippen LogP contribution in [0.1, 0.15) is 11.1 Å². The first kappa shape index (κ1) is 17.4. The van der Waals surface area contributed by atoms with Crippen molar-refractivity contribution in [3.8, 4) is 0 Å². The van der Waals surface area contributed by atoms with Crippen molar-refractivity contribution >= 4 is 38.8 Å². The number of urea groups is 1. The van der Waals surface area contributed by atoms with Gasteiger partial charge in [-0.25, -0.2) is 13.2 Å². The predicted molar refractivity (Wildman–Crippen MR) is 104 cm³/mol. The predicted octanol–water partition coefficient (Wildman–Crippen LogP) is 3.57. The van der Waals surface area contributed by atoms with E-state index in [2.05, 4.69) is 0 Å².